The van der Waals surface area contributed by atoms with Crippen LogP contribution < -0.4 is 5.43 Å². The summed E-state index contributed by atoms with van der Waals surface area (Å²) in [5.74, 6) is -0.845. The molecule has 2 rings (SSSR count). The lowest BCUT2D eigenvalue weighted by Crippen LogP contribution is -2.42. The Hall–Kier alpha value is -1.55. The van der Waals surface area contributed by atoms with Gasteiger partial charge in [0, 0.05) is 6.20 Å². The summed E-state index contributed by atoms with van der Waals surface area (Å²) in [6, 6.07) is -0.604. The van der Waals surface area contributed by atoms with E-state index in [0.717, 1.165) is 13.0 Å². The van der Waals surface area contributed by atoms with Crippen LogP contribution in [0.5, 0.6) is 0 Å². The molecule has 4 nitrogen and oxygen atoms in total. The van der Waals surface area contributed by atoms with E-state index < -0.39 is 12.0 Å². The lowest BCUT2D eigenvalue weighted by atomic mass is 9.75. The largest absolute Gasteiger partial charge is 0.480 e. The molecule has 0 radical (unpaired) electrons. The van der Waals surface area contributed by atoms with E-state index in [0.29, 0.717) is 0 Å². The highest BCUT2D eigenvalue weighted by atomic mass is 16.4. The van der Waals surface area contributed by atoms with Crippen molar-refractivity contribution in [3.05, 3.63) is 35.6 Å². The third kappa shape index (κ3) is 2.48. The summed E-state index contributed by atoms with van der Waals surface area (Å²) >= 11 is 0. The first kappa shape index (κ1) is 12.9. The van der Waals surface area contributed by atoms with Gasteiger partial charge in [0.25, 0.3) is 0 Å². The van der Waals surface area contributed by atoms with Crippen molar-refractivity contribution in [2.24, 2.45) is 5.41 Å². The second-order valence-electron chi connectivity index (χ2n) is 5.57. The minimum Gasteiger partial charge on any atom is -0.480 e. The summed E-state index contributed by atoms with van der Waals surface area (Å²) in [4.78, 5) is 10.9. The molecular weight excluding hydrogens is 228 g/mol. The molecule has 0 spiro atoms. The number of carbonyl (C=O) groups is 1. The summed E-state index contributed by atoms with van der Waals surface area (Å²) in [7, 11) is 0. The number of rotatable bonds is 3. The average Bonchev–Trinajstić information content (AvgIpc) is 2.72. The Morgan fingerprint density at radius 1 is 1.61 bits per heavy atom. The maximum atomic E-state index is 10.9. The smallest absolute Gasteiger partial charge is 0.326 e. The van der Waals surface area contributed by atoms with Crippen LogP contribution in [-0.2, 0) is 4.79 Å². The normalized spacial score (nSPS) is 25.9. The molecule has 1 heterocycles. The molecule has 1 aliphatic carbocycles. The fourth-order valence-corrected chi connectivity index (χ4v) is 2.49. The predicted molar refractivity (Wildman–Crippen MR) is 70.6 cm³/mol. The van der Waals surface area contributed by atoms with Crippen LogP contribution in [0.3, 0.4) is 0 Å². The summed E-state index contributed by atoms with van der Waals surface area (Å²) in [5.41, 5.74) is 5.73. The van der Waals surface area contributed by atoms with E-state index in [1.807, 2.05) is 11.2 Å². The Kier molecular flexibility index (Phi) is 3.30. The summed E-state index contributed by atoms with van der Waals surface area (Å²) < 4.78 is 0. The Labute approximate surface area is 108 Å². The Morgan fingerprint density at radius 2 is 2.33 bits per heavy atom. The van der Waals surface area contributed by atoms with Crippen LogP contribution in [0.25, 0.3) is 0 Å². The van der Waals surface area contributed by atoms with Gasteiger partial charge in [-0.05, 0) is 36.0 Å². The first-order valence-corrected chi connectivity index (χ1v) is 6.21. The van der Waals surface area contributed by atoms with Crippen LogP contribution >= 0.6 is 0 Å². The molecule has 0 saturated carbocycles. The van der Waals surface area contributed by atoms with Crippen molar-refractivity contribution in [1.82, 2.24) is 10.4 Å². The van der Waals surface area contributed by atoms with Crippen molar-refractivity contribution in [2.75, 3.05) is 6.54 Å². The number of hydrazine groups is 1. The van der Waals surface area contributed by atoms with Crippen LogP contribution in [0.15, 0.2) is 35.6 Å². The minimum absolute atomic E-state index is 0.135. The molecular formula is C14H20N2O2. The molecule has 0 amide bonds. The number of nitrogens with one attached hydrogen (secondary N) is 1. The molecule has 0 aromatic rings. The third-order valence-corrected chi connectivity index (χ3v) is 3.65. The third-order valence-electron chi connectivity index (χ3n) is 3.65. The number of nitrogens with zero attached hydrogens (tertiary/aromatic N) is 1. The van der Waals surface area contributed by atoms with Crippen molar-refractivity contribution in [1.29, 1.82) is 0 Å². The second-order valence-corrected chi connectivity index (χ2v) is 5.57. The molecule has 0 bridgehead atoms. The van der Waals surface area contributed by atoms with Crippen LogP contribution in [-0.4, -0.2) is 28.7 Å². The predicted octanol–water partition coefficient (Wildman–Crippen LogP) is 2.08. The minimum atomic E-state index is -0.845. The summed E-state index contributed by atoms with van der Waals surface area (Å²) in [6.45, 7) is 7.29. The standard InChI is InChI=1S/C14H20N2O2/c1-10-5-4-7-14(2,3)11(10)9-16-8-6-12(15-16)13(17)18/h4-6,8,12,15H,7,9H2,1-3H3,(H,17,18). The van der Waals surface area contributed by atoms with E-state index in [2.05, 4.69) is 38.3 Å². The molecule has 4 heteroatoms. The zero-order valence-electron chi connectivity index (χ0n) is 11.1. The molecule has 98 valence electrons. The van der Waals surface area contributed by atoms with Crippen molar-refractivity contribution in [2.45, 2.75) is 33.2 Å². The van der Waals surface area contributed by atoms with E-state index >= 15 is 0 Å². The number of allylic oxidation sites excluding steroid dienone is 3. The summed E-state index contributed by atoms with van der Waals surface area (Å²) in [6.07, 6.45) is 8.86. The van der Waals surface area contributed by atoms with Crippen molar-refractivity contribution in [3.8, 4) is 0 Å². The quantitative estimate of drug-likeness (QED) is 0.803. The molecule has 0 fully saturated rings. The number of carboxylic acid groups (broad SMARTS) is 1. The SMILES string of the molecule is CC1=C(CN2C=CC(C(=O)O)N2)C(C)(C)CC=C1. The van der Waals surface area contributed by atoms with Crippen molar-refractivity contribution >= 4 is 5.97 Å². The highest BCUT2D eigenvalue weighted by Gasteiger charge is 2.29. The Morgan fingerprint density at radius 3 is 2.89 bits per heavy atom. The highest BCUT2D eigenvalue weighted by Crippen LogP contribution is 2.37. The molecule has 0 aromatic heterocycles. The Bertz CT molecular complexity index is 447. The first-order valence-electron chi connectivity index (χ1n) is 6.21. The average molecular weight is 248 g/mol. The number of hydrogen-bond donors (Lipinski definition) is 2. The van der Waals surface area contributed by atoms with Gasteiger partial charge in [0.15, 0.2) is 0 Å². The van der Waals surface area contributed by atoms with E-state index in [4.69, 9.17) is 5.11 Å². The highest BCUT2D eigenvalue weighted by molar-refractivity contribution is 5.76. The van der Waals surface area contributed by atoms with Gasteiger partial charge >= 0.3 is 5.97 Å². The zero-order valence-corrected chi connectivity index (χ0v) is 11.1. The molecule has 2 aliphatic rings. The van der Waals surface area contributed by atoms with Gasteiger partial charge < -0.3 is 10.1 Å². The lowest BCUT2D eigenvalue weighted by molar-refractivity contribution is -0.138. The zero-order chi connectivity index (χ0) is 13.3. The molecule has 0 aromatic carbocycles. The number of hydrogen-bond acceptors (Lipinski definition) is 3. The maximum Gasteiger partial charge on any atom is 0.326 e. The van der Waals surface area contributed by atoms with E-state index in [1.54, 1.807) is 6.08 Å². The second kappa shape index (κ2) is 4.61. The summed E-state index contributed by atoms with van der Waals surface area (Å²) in [5, 5.41) is 10.8. The lowest BCUT2D eigenvalue weighted by Gasteiger charge is -2.34. The molecule has 0 saturated heterocycles. The van der Waals surface area contributed by atoms with Crippen LogP contribution in [0.1, 0.15) is 27.2 Å². The van der Waals surface area contributed by atoms with Gasteiger partial charge in [-0.25, -0.2) is 5.43 Å². The van der Waals surface area contributed by atoms with Gasteiger partial charge in [0.1, 0.15) is 6.04 Å². The van der Waals surface area contributed by atoms with Gasteiger partial charge in [-0.3, -0.25) is 4.79 Å². The van der Waals surface area contributed by atoms with E-state index in [9.17, 15) is 4.79 Å². The molecule has 1 atom stereocenters. The topological polar surface area (TPSA) is 52.6 Å². The van der Waals surface area contributed by atoms with E-state index in [-0.39, 0.29) is 5.41 Å². The monoisotopic (exact) mass is 248 g/mol. The Balaban J connectivity index is 2.09. The van der Waals surface area contributed by atoms with E-state index in [1.165, 1.54) is 11.1 Å². The van der Waals surface area contributed by atoms with Crippen LogP contribution in [0.2, 0.25) is 0 Å². The number of aliphatic carboxylic acids is 1. The van der Waals surface area contributed by atoms with Gasteiger partial charge in [-0.15, -0.1) is 0 Å². The molecule has 18 heavy (non-hydrogen) atoms. The first-order chi connectivity index (χ1) is 8.40. The molecule has 1 aliphatic heterocycles. The van der Waals surface area contributed by atoms with Crippen molar-refractivity contribution in [3.63, 3.8) is 0 Å². The van der Waals surface area contributed by atoms with Gasteiger partial charge in [-0.1, -0.05) is 26.0 Å². The fourth-order valence-electron chi connectivity index (χ4n) is 2.49. The van der Waals surface area contributed by atoms with Crippen molar-refractivity contribution < 1.29 is 9.90 Å². The van der Waals surface area contributed by atoms with Crippen LogP contribution in [0, 0.1) is 5.41 Å². The maximum absolute atomic E-state index is 10.9. The van der Waals surface area contributed by atoms with Crippen LogP contribution in [0.4, 0.5) is 0 Å². The molecule has 2 N–H and O–H groups in total. The number of carboxylic acids is 1. The molecule has 1 unspecified atom stereocenters. The fraction of sp³-hybridized carbons (Fsp3) is 0.500. The van der Waals surface area contributed by atoms with Gasteiger partial charge in [0.2, 0.25) is 0 Å². The van der Waals surface area contributed by atoms with Gasteiger partial charge in [0.05, 0.1) is 6.54 Å². The van der Waals surface area contributed by atoms with Gasteiger partial charge in [-0.2, -0.15) is 0 Å².